The van der Waals surface area contributed by atoms with E-state index in [0.29, 0.717) is 5.69 Å². The molecule has 2 N–H and O–H groups in total. The van der Waals surface area contributed by atoms with Gasteiger partial charge in [0.1, 0.15) is 5.69 Å². The van der Waals surface area contributed by atoms with Crippen molar-refractivity contribution in [1.29, 1.82) is 0 Å². The SMILES string of the molecule is Nc1cn(-c2ccccc2)nc1-c1cccs1. The van der Waals surface area contributed by atoms with Gasteiger partial charge >= 0.3 is 0 Å². The average molecular weight is 241 g/mol. The van der Waals surface area contributed by atoms with Gasteiger partial charge in [-0.15, -0.1) is 11.3 Å². The molecule has 0 fully saturated rings. The van der Waals surface area contributed by atoms with Gasteiger partial charge in [-0.3, -0.25) is 0 Å². The summed E-state index contributed by atoms with van der Waals surface area (Å²) in [7, 11) is 0. The number of nitrogen functional groups attached to an aromatic ring is 1. The molecule has 0 aliphatic heterocycles. The molecule has 2 heterocycles. The smallest absolute Gasteiger partial charge is 0.126 e. The second-order valence-electron chi connectivity index (χ2n) is 3.69. The minimum Gasteiger partial charge on any atom is -0.396 e. The highest BCUT2D eigenvalue weighted by atomic mass is 32.1. The van der Waals surface area contributed by atoms with E-state index in [0.717, 1.165) is 16.3 Å². The van der Waals surface area contributed by atoms with E-state index in [2.05, 4.69) is 5.10 Å². The largest absolute Gasteiger partial charge is 0.396 e. The third-order valence-corrected chi connectivity index (χ3v) is 3.39. The van der Waals surface area contributed by atoms with Gasteiger partial charge in [0.15, 0.2) is 0 Å². The maximum atomic E-state index is 5.99. The fourth-order valence-electron chi connectivity index (χ4n) is 1.71. The minimum absolute atomic E-state index is 0.705. The van der Waals surface area contributed by atoms with Crippen LogP contribution in [-0.4, -0.2) is 9.78 Å². The van der Waals surface area contributed by atoms with Gasteiger partial charge in [0, 0.05) is 0 Å². The Morgan fingerprint density at radius 2 is 1.88 bits per heavy atom. The number of aromatic nitrogens is 2. The molecule has 1 aromatic carbocycles. The standard InChI is InChI=1S/C13H11N3S/c14-11-9-16(10-5-2-1-3-6-10)15-13(11)12-7-4-8-17-12/h1-9H,14H2. The molecule has 0 saturated carbocycles. The van der Waals surface area contributed by atoms with E-state index in [1.54, 1.807) is 11.3 Å². The van der Waals surface area contributed by atoms with Crippen molar-refractivity contribution in [3.05, 3.63) is 54.0 Å². The number of anilines is 1. The molecule has 0 aliphatic carbocycles. The summed E-state index contributed by atoms with van der Waals surface area (Å²) in [5.74, 6) is 0. The first-order valence-electron chi connectivity index (χ1n) is 5.29. The third-order valence-electron chi connectivity index (χ3n) is 2.52. The van der Waals surface area contributed by atoms with Crippen molar-refractivity contribution in [3.63, 3.8) is 0 Å². The van der Waals surface area contributed by atoms with Crippen molar-refractivity contribution in [3.8, 4) is 16.3 Å². The lowest BCUT2D eigenvalue weighted by atomic mass is 10.3. The van der Waals surface area contributed by atoms with Crippen LogP contribution >= 0.6 is 11.3 Å². The summed E-state index contributed by atoms with van der Waals surface area (Å²) in [5.41, 5.74) is 8.56. The van der Waals surface area contributed by atoms with E-state index in [1.165, 1.54) is 0 Å². The van der Waals surface area contributed by atoms with Gasteiger partial charge in [-0.25, -0.2) is 4.68 Å². The van der Waals surface area contributed by atoms with Crippen molar-refractivity contribution in [2.24, 2.45) is 0 Å². The molecule has 84 valence electrons. The van der Waals surface area contributed by atoms with Gasteiger partial charge < -0.3 is 5.73 Å². The Bertz CT molecular complexity index is 611. The quantitative estimate of drug-likeness (QED) is 0.748. The Morgan fingerprint density at radius 1 is 1.06 bits per heavy atom. The third kappa shape index (κ3) is 1.83. The summed E-state index contributed by atoms with van der Waals surface area (Å²) in [6, 6.07) is 14.0. The first kappa shape index (κ1) is 10.1. The van der Waals surface area contributed by atoms with Crippen LogP contribution in [0.1, 0.15) is 0 Å². The van der Waals surface area contributed by atoms with Crippen molar-refractivity contribution in [2.45, 2.75) is 0 Å². The van der Waals surface area contributed by atoms with Crippen molar-refractivity contribution in [2.75, 3.05) is 5.73 Å². The maximum Gasteiger partial charge on any atom is 0.126 e. The first-order chi connectivity index (χ1) is 8.34. The number of nitrogens with two attached hydrogens (primary N) is 1. The Labute approximate surface area is 103 Å². The van der Waals surface area contributed by atoms with E-state index in [4.69, 9.17) is 5.73 Å². The Morgan fingerprint density at radius 3 is 2.59 bits per heavy atom. The van der Waals surface area contributed by atoms with Crippen LogP contribution in [0.2, 0.25) is 0 Å². The molecule has 0 unspecified atom stereocenters. The van der Waals surface area contributed by atoms with E-state index >= 15 is 0 Å². The lowest BCUT2D eigenvalue weighted by Crippen LogP contribution is -1.93. The molecule has 3 nitrogen and oxygen atoms in total. The highest BCUT2D eigenvalue weighted by Crippen LogP contribution is 2.28. The molecule has 0 atom stereocenters. The Hall–Kier alpha value is -2.07. The van der Waals surface area contributed by atoms with Crippen LogP contribution in [0.4, 0.5) is 5.69 Å². The zero-order valence-corrected chi connectivity index (χ0v) is 9.89. The van der Waals surface area contributed by atoms with E-state index < -0.39 is 0 Å². The normalized spacial score (nSPS) is 10.6. The zero-order valence-electron chi connectivity index (χ0n) is 9.08. The van der Waals surface area contributed by atoms with E-state index in [-0.39, 0.29) is 0 Å². The van der Waals surface area contributed by atoms with Gasteiger partial charge in [-0.1, -0.05) is 24.3 Å². The lowest BCUT2D eigenvalue weighted by molar-refractivity contribution is 0.885. The first-order valence-corrected chi connectivity index (χ1v) is 6.17. The lowest BCUT2D eigenvalue weighted by Gasteiger charge is -1.98. The van der Waals surface area contributed by atoms with Gasteiger partial charge in [0.05, 0.1) is 22.4 Å². The highest BCUT2D eigenvalue weighted by Gasteiger charge is 2.09. The molecule has 2 aromatic heterocycles. The molecule has 0 amide bonds. The summed E-state index contributed by atoms with van der Waals surface area (Å²) in [6.07, 6.45) is 1.85. The molecular formula is C13H11N3S. The van der Waals surface area contributed by atoms with E-state index in [9.17, 15) is 0 Å². The summed E-state index contributed by atoms with van der Waals surface area (Å²) in [6.45, 7) is 0. The number of hydrogen-bond acceptors (Lipinski definition) is 3. The number of benzene rings is 1. The summed E-state index contributed by atoms with van der Waals surface area (Å²) in [5, 5.41) is 6.55. The number of rotatable bonds is 2. The number of thiophene rings is 1. The zero-order chi connectivity index (χ0) is 11.7. The van der Waals surface area contributed by atoms with Gasteiger partial charge in [0.2, 0.25) is 0 Å². The predicted molar refractivity (Wildman–Crippen MR) is 71.3 cm³/mol. The van der Waals surface area contributed by atoms with Gasteiger partial charge in [0.25, 0.3) is 0 Å². The minimum atomic E-state index is 0.705. The molecule has 0 radical (unpaired) electrons. The molecule has 0 bridgehead atoms. The van der Waals surface area contributed by atoms with Crippen LogP contribution in [0.25, 0.3) is 16.3 Å². The molecule has 0 spiro atoms. The molecule has 0 saturated heterocycles. The average Bonchev–Trinajstić information content (AvgIpc) is 2.99. The number of para-hydroxylation sites is 1. The second kappa shape index (κ2) is 4.07. The number of hydrogen-bond donors (Lipinski definition) is 1. The maximum absolute atomic E-state index is 5.99. The van der Waals surface area contributed by atoms with Crippen LogP contribution in [0.3, 0.4) is 0 Å². The fraction of sp³-hybridized carbons (Fsp3) is 0. The number of nitrogens with zero attached hydrogens (tertiary/aromatic N) is 2. The second-order valence-corrected chi connectivity index (χ2v) is 4.64. The topological polar surface area (TPSA) is 43.8 Å². The van der Waals surface area contributed by atoms with Crippen LogP contribution in [-0.2, 0) is 0 Å². The Balaban J connectivity index is 2.08. The monoisotopic (exact) mass is 241 g/mol. The van der Waals surface area contributed by atoms with Gasteiger partial charge in [-0.05, 0) is 23.6 Å². The molecule has 3 rings (SSSR count). The Kier molecular flexibility index (Phi) is 2.42. The molecule has 0 aliphatic rings. The van der Waals surface area contributed by atoms with Crippen molar-refractivity contribution >= 4 is 17.0 Å². The van der Waals surface area contributed by atoms with Crippen LogP contribution < -0.4 is 5.73 Å². The van der Waals surface area contributed by atoms with Crippen LogP contribution in [0, 0.1) is 0 Å². The van der Waals surface area contributed by atoms with Crippen LogP contribution in [0.5, 0.6) is 0 Å². The van der Waals surface area contributed by atoms with Crippen molar-refractivity contribution in [1.82, 2.24) is 9.78 Å². The molecule has 4 heteroatoms. The summed E-state index contributed by atoms with van der Waals surface area (Å²) < 4.78 is 1.81. The van der Waals surface area contributed by atoms with Crippen LogP contribution in [0.15, 0.2) is 54.0 Å². The summed E-state index contributed by atoms with van der Waals surface area (Å²) >= 11 is 1.64. The highest BCUT2D eigenvalue weighted by molar-refractivity contribution is 7.13. The predicted octanol–water partition coefficient (Wildman–Crippen LogP) is 3.18. The fourth-order valence-corrected chi connectivity index (χ4v) is 2.44. The van der Waals surface area contributed by atoms with Crippen molar-refractivity contribution < 1.29 is 0 Å². The molecule has 3 aromatic rings. The van der Waals surface area contributed by atoms with Gasteiger partial charge in [-0.2, -0.15) is 5.10 Å². The summed E-state index contributed by atoms with van der Waals surface area (Å²) in [4.78, 5) is 1.09. The molecular weight excluding hydrogens is 230 g/mol. The molecule has 17 heavy (non-hydrogen) atoms. The van der Waals surface area contributed by atoms with E-state index in [1.807, 2.05) is 58.7 Å².